The van der Waals surface area contributed by atoms with Gasteiger partial charge in [-0.2, -0.15) is 0 Å². The third-order valence-corrected chi connectivity index (χ3v) is 2.27. The van der Waals surface area contributed by atoms with Crippen LogP contribution in [0.15, 0.2) is 24.3 Å². The summed E-state index contributed by atoms with van der Waals surface area (Å²) in [6, 6.07) is 8.13. The molecule has 0 heterocycles. The average Bonchev–Trinajstić information content (AvgIpc) is 2.18. The third-order valence-electron chi connectivity index (χ3n) is 2.27. The van der Waals surface area contributed by atoms with Crippen molar-refractivity contribution in [1.82, 2.24) is 4.90 Å². The van der Waals surface area contributed by atoms with E-state index in [0.717, 1.165) is 17.8 Å². The molecule has 0 aromatic heterocycles. The Morgan fingerprint density at radius 3 is 2.80 bits per heavy atom. The fraction of sp³-hybridized carbons (Fsp3) is 0.417. The van der Waals surface area contributed by atoms with Gasteiger partial charge in [-0.15, -0.1) is 0 Å². The largest absolute Gasteiger partial charge is 0.385 e. The number of carbonyl (C=O) groups is 1. The summed E-state index contributed by atoms with van der Waals surface area (Å²) in [5, 5.41) is 3.25. The molecule has 0 aliphatic heterocycles. The summed E-state index contributed by atoms with van der Waals surface area (Å²) >= 11 is 0. The van der Waals surface area contributed by atoms with Crippen LogP contribution in [0.2, 0.25) is 0 Å². The molecule has 0 saturated heterocycles. The number of nitrogens with zero attached hydrogens (tertiary/aromatic N) is 1. The van der Waals surface area contributed by atoms with Gasteiger partial charge < -0.3 is 10.2 Å². The lowest BCUT2D eigenvalue weighted by atomic mass is 10.2. The van der Waals surface area contributed by atoms with Crippen LogP contribution < -0.4 is 5.32 Å². The Morgan fingerprint density at radius 2 is 2.20 bits per heavy atom. The fourth-order valence-electron chi connectivity index (χ4n) is 1.37. The van der Waals surface area contributed by atoms with Gasteiger partial charge in [0.1, 0.15) is 0 Å². The molecule has 1 N–H and O–H groups in total. The highest BCUT2D eigenvalue weighted by Gasteiger charge is 2.03. The molecule has 1 rings (SSSR count). The fourth-order valence-corrected chi connectivity index (χ4v) is 1.37. The zero-order valence-electron chi connectivity index (χ0n) is 9.58. The quantitative estimate of drug-likeness (QED) is 0.818. The van der Waals surface area contributed by atoms with E-state index >= 15 is 0 Å². The maximum absolute atomic E-state index is 11.1. The van der Waals surface area contributed by atoms with E-state index in [-0.39, 0.29) is 5.91 Å². The number of benzene rings is 1. The first-order valence-corrected chi connectivity index (χ1v) is 5.18. The molecule has 0 fully saturated rings. The Kier molecular flexibility index (Phi) is 4.16. The van der Waals surface area contributed by atoms with Crippen molar-refractivity contribution in [3.63, 3.8) is 0 Å². The van der Waals surface area contributed by atoms with E-state index in [1.165, 1.54) is 0 Å². The Bertz CT molecular complexity index is 336. The monoisotopic (exact) mass is 206 g/mol. The van der Waals surface area contributed by atoms with E-state index in [2.05, 4.69) is 18.3 Å². The van der Waals surface area contributed by atoms with Crippen molar-refractivity contribution in [2.24, 2.45) is 0 Å². The van der Waals surface area contributed by atoms with E-state index in [0.29, 0.717) is 6.54 Å². The first kappa shape index (κ1) is 11.6. The molecule has 0 aliphatic rings. The first-order valence-electron chi connectivity index (χ1n) is 5.18. The lowest BCUT2D eigenvalue weighted by molar-refractivity contribution is -0.128. The van der Waals surface area contributed by atoms with Crippen LogP contribution in [0.4, 0.5) is 5.69 Å². The van der Waals surface area contributed by atoms with Crippen LogP contribution in [0.5, 0.6) is 0 Å². The summed E-state index contributed by atoms with van der Waals surface area (Å²) in [5.74, 6) is 0.0869. The normalized spacial score (nSPS) is 9.80. The Balaban J connectivity index is 2.68. The minimum atomic E-state index is 0.0869. The maximum Gasteiger partial charge on any atom is 0.219 e. The lowest BCUT2D eigenvalue weighted by Gasteiger charge is -2.15. The van der Waals surface area contributed by atoms with Crippen LogP contribution >= 0.6 is 0 Å². The van der Waals surface area contributed by atoms with Gasteiger partial charge in [0.25, 0.3) is 0 Å². The van der Waals surface area contributed by atoms with E-state index in [9.17, 15) is 4.79 Å². The minimum absolute atomic E-state index is 0.0869. The Labute approximate surface area is 91.1 Å². The van der Waals surface area contributed by atoms with Crippen LogP contribution in [0.25, 0.3) is 0 Å². The number of carbonyl (C=O) groups excluding carboxylic acids is 1. The smallest absolute Gasteiger partial charge is 0.219 e. The standard InChI is InChI=1S/C12H18N2O/c1-4-13-12-7-5-6-11(8-12)9-14(3)10(2)15/h5-8,13H,4,9H2,1-3H3. The van der Waals surface area contributed by atoms with Gasteiger partial charge in [0.05, 0.1) is 0 Å². The Hall–Kier alpha value is -1.51. The summed E-state index contributed by atoms with van der Waals surface area (Å²) < 4.78 is 0. The second-order valence-corrected chi connectivity index (χ2v) is 3.61. The van der Waals surface area contributed by atoms with Crippen molar-refractivity contribution < 1.29 is 4.79 Å². The van der Waals surface area contributed by atoms with Crippen LogP contribution in [0.3, 0.4) is 0 Å². The zero-order valence-corrected chi connectivity index (χ0v) is 9.58. The summed E-state index contributed by atoms with van der Waals surface area (Å²) in [6.07, 6.45) is 0. The SMILES string of the molecule is CCNc1cccc(CN(C)C(C)=O)c1. The number of hydrogen-bond acceptors (Lipinski definition) is 2. The van der Waals surface area contributed by atoms with Gasteiger partial charge in [-0.3, -0.25) is 4.79 Å². The molecule has 1 amide bonds. The molecule has 3 heteroatoms. The van der Waals surface area contributed by atoms with Crippen LogP contribution in [0, 0.1) is 0 Å². The molecular weight excluding hydrogens is 188 g/mol. The molecule has 0 spiro atoms. The number of amides is 1. The van der Waals surface area contributed by atoms with Crippen molar-refractivity contribution in [2.75, 3.05) is 18.9 Å². The van der Waals surface area contributed by atoms with Crippen LogP contribution in [0.1, 0.15) is 19.4 Å². The molecule has 0 atom stereocenters. The molecule has 0 radical (unpaired) electrons. The lowest BCUT2D eigenvalue weighted by Crippen LogP contribution is -2.22. The summed E-state index contributed by atoms with van der Waals surface area (Å²) in [7, 11) is 1.81. The van der Waals surface area contributed by atoms with Crippen LogP contribution in [-0.4, -0.2) is 24.4 Å². The van der Waals surface area contributed by atoms with E-state index in [1.807, 2.05) is 25.2 Å². The van der Waals surface area contributed by atoms with Crippen LogP contribution in [-0.2, 0) is 11.3 Å². The van der Waals surface area contributed by atoms with Crippen molar-refractivity contribution in [2.45, 2.75) is 20.4 Å². The number of hydrogen-bond donors (Lipinski definition) is 1. The van der Waals surface area contributed by atoms with Crippen molar-refractivity contribution in [3.05, 3.63) is 29.8 Å². The minimum Gasteiger partial charge on any atom is -0.385 e. The molecule has 1 aromatic rings. The molecule has 0 bridgehead atoms. The second-order valence-electron chi connectivity index (χ2n) is 3.61. The number of rotatable bonds is 4. The molecule has 15 heavy (non-hydrogen) atoms. The molecular formula is C12H18N2O. The van der Waals surface area contributed by atoms with Crippen molar-refractivity contribution in [1.29, 1.82) is 0 Å². The van der Waals surface area contributed by atoms with Gasteiger partial charge in [0.2, 0.25) is 5.91 Å². The Morgan fingerprint density at radius 1 is 1.47 bits per heavy atom. The molecule has 0 unspecified atom stereocenters. The van der Waals surface area contributed by atoms with E-state index in [1.54, 1.807) is 11.8 Å². The van der Waals surface area contributed by atoms with Gasteiger partial charge in [0, 0.05) is 32.7 Å². The summed E-state index contributed by atoms with van der Waals surface area (Å²) in [4.78, 5) is 12.8. The number of anilines is 1. The maximum atomic E-state index is 11.1. The van der Waals surface area contributed by atoms with E-state index in [4.69, 9.17) is 0 Å². The molecule has 0 saturated carbocycles. The molecule has 82 valence electrons. The highest BCUT2D eigenvalue weighted by Crippen LogP contribution is 2.11. The van der Waals surface area contributed by atoms with Crippen molar-refractivity contribution >= 4 is 11.6 Å². The predicted octanol–water partition coefficient (Wildman–Crippen LogP) is 2.10. The predicted molar refractivity (Wildman–Crippen MR) is 62.8 cm³/mol. The average molecular weight is 206 g/mol. The van der Waals surface area contributed by atoms with Crippen molar-refractivity contribution in [3.8, 4) is 0 Å². The third kappa shape index (κ3) is 3.62. The van der Waals surface area contributed by atoms with Gasteiger partial charge in [-0.1, -0.05) is 12.1 Å². The highest BCUT2D eigenvalue weighted by molar-refractivity contribution is 5.72. The summed E-state index contributed by atoms with van der Waals surface area (Å²) in [6.45, 7) is 5.21. The van der Waals surface area contributed by atoms with Gasteiger partial charge in [-0.25, -0.2) is 0 Å². The second kappa shape index (κ2) is 5.39. The number of nitrogens with one attached hydrogen (secondary N) is 1. The first-order chi connectivity index (χ1) is 7.13. The molecule has 3 nitrogen and oxygen atoms in total. The summed E-state index contributed by atoms with van der Waals surface area (Å²) in [5.41, 5.74) is 2.25. The topological polar surface area (TPSA) is 32.3 Å². The van der Waals surface area contributed by atoms with Gasteiger partial charge in [-0.05, 0) is 24.6 Å². The highest BCUT2D eigenvalue weighted by atomic mass is 16.2. The van der Waals surface area contributed by atoms with Gasteiger partial charge in [0.15, 0.2) is 0 Å². The molecule has 0 aliphatic carbocycles. The van der Waals surface area contributed by atoms with Gasteiger partial charge >= 0.3 is 0 Å². The molecule has 1 aromatic carbocycles. The zero-order chi connectivity index (χ0) is 11.3. The van der Waals surface area contributed by atoms with E-state index < -0.39 is 0 Å².